The van der Waals surface area contributed by atoms with Gasteiger partial charge in [0.15, 0.2) is 5.96 Å². The molecule has 2 aliphatic rings. The van der Waals surface area contributed by atoms with Gasteiger partial charge in [-0.25, -0.2) is 8.42 Å². The van der Waals surface area contributed by atoms with E-state index in [-0.39, 0.29) is 11.6 Å². The van der Waals surface area contributed by atoms with Crippen LogP contribution >= 0.6 is 0 Å². The summed E-state index contributed by atoms with van der Waals surface area (Å²) in [6.07, 6.45) is 5.21. The molecule has 128 valence electrons. The number of ether oxygens (including phenoxy) is 1. The fourth-order valence-corrected chi connectivity index (χ4v) is 4.31. The lowest BCUT2D eigenvalue weighted by Gasteiger charge is -2.26. The van der Waals surface area contributed by atoms with Crippen molar-refractivity contribution in [3.05, 3.63) is 0 Å². The van der Waals surface area contributed by atoms with Gasteiger partial charge in [-0.1, -0.05) is 0 Å². The zero-order chi connectivity index (χ0) is 16.2. The van der Waals surface area contributed by atoms with E-state index < -0.39 is 10.0 Å². The Kier molecular flexibility index (Phi) is 5.68. The standard InChI is InChI=1S/C14H28N4O3S/c1-14(7-5-9-21-14)11-17-13(15-2)16-10-12-6-4-8-18(12)22(3,19)20/h12H,4-11H2,1-3H3,(H2,15,16,17)/t12-,14?/m1/s1. The summed E-state index contributed by atoms with van der Waals surface area (Å²) >= 11 is 0. The van der Waals surface area contributed by atoms with Gasteiger partial charge >= 0.3 is 0 Å². The van der Waals surface area contributed by atoms with E-state index in [4.69, 9.17) is 4.74 Å². The topological polar surface area (TPSA) is 83.0 Å². The average Bonchev–Trinajstić information content (AvgIpc) is 3.08. The lowest BCUT2D eigenvalue weighted by molar-refractivity contribution is 0.0243. The van der Waals surface area contributed by atoms with E-state index in [9.17, 15) is 8.42 Å². The molecule has 2 atom stereocenters. The molecule has 0 radical (unpaired) electrons. The summed E-state index contributed by atoms with van der Waals surface area (Å²) in [6, 6.07) is 0.00636. The maximum absolute atomic E-state index is 11.7. The summed E-state index contributed by atoms with van der Waals surface area (Å²) in [6.45, 7) is 4.80. The first kappa shape index (κ1) is 17.5. The number of nitrogens with zero attached hydrogens (tertiary/aromatic N) is 2. The molecule has 22 heavy (non-hydrogen) atoms. The Morgan fingerprint density at radius 1 is 1.41 bits per heavy atom. The molecule has 0 spiro atoms. The molecule has 2 heterocycles. The van der Waals surface area contributed by atoms with Crippen molar-refractivity contribution in [2.75, 3.05) is 39.5 Å². The molecule has 8 heteroatoms. The molecule has 7 nitrogen and oxygen atoms in total. The SMILES string of the molecule is CN=C(NC[C@H]1CCCN1S(C)(=O)=O)NCC1(C)CCCO1. The zero-order valence-corrected chi connectivity index (χ0v) is 14.6. The van der Waals surface area contributed by atoms with Gasteiger partial charge in [-0.05, 0) is 32.6 Å². The lowest BCUT2D eigenvalue weighted by Crippen LogP contribution is -2.49. The number of rotatable bonds is 5. The van der Waals surface area contributed by atoms with Gasteiger partial charge in [-0.3, -0.25) is 4.99 Å². The van der Waals surface area contributed by atoms with Crippen molar-refractivity contribution >= 4 is 16.0 Å². The van der Waals surface area contributed by atoms with Crippen LogP contribution in [0, 0.1) is 0 Å². The summed E-state index contributed by atoms with van der Waals surface area (Å²) < 4.78 is 30.8. The van der Waals surface area contributed by atoms with Crippen molar-refractivity contribution in [1.82, 2.24) is 14.9 Å². The predicted octanol–water partition coefficient (Wildman–Crippen LogP) is 0.145. The van der Waals surface area contributed by atoms with Crippen LogP contribution in [0.1, 0.15) is 32.6 Å². The Bertz CT molecular complexity index is 500. The molecular weight excluding hydrogens is 304 g/mol. The molecule has 2 rings (SSSR count). The smallest absolute Gasteiger partial charge is 0.211 e. The van der Waals surface area contributed by atoms with E-state index >= 15 is 0 Å². The van der Waals surface area contributed by atoms with Crippen molar-refractivity contribution < 1.29 is 13.2 Å². The van der Waals surface area contributed by atoms with Gasteiger partial charge in [0.25, 0.3) is 0 Å². The van der Waals surface area contributed by atoms with Crippen molar-refractivity contribution in [1.29, 1.82) is 0 Å². The summed E-state index contributed by atoms with van der Waals surface area (Å²) in [5.74, 6) is 0.692. The highest BCUT2D eigenvalue weighted by Crippen LogP contribution is 2.23. The first-order valence-electron chi connectivity index (χ1n) is 7.89. The van der Waals surface area contributed by atoms with Crippen LogP contribution in [0.4, 0.5) is 0 Å². The first-order chi connectivity index (χ1) is 10.3. The summed E-state index contributed by atoms with van der Waals surface area (Å²) in [7, 11) is -1.41. The van der Waals surface area contributed by atoms with Crippen LogP contribution < -0.4 is 10.6 Å². The second-order valence-electron chi connectivity index (χ2n) is 6.38. The lowest BCUT2D eigenvalue weighted by atomic mass is 10.0. The minimum atomic E-state index is -3.13. The summed E-state index contributed by atoms with van der Waals surface area (Å²) in [5, 5.41) is 6.51. The second kappa shape index (κ2) is 7.14. The Hall–Kier alpha value is -0.860. The molecule has 2 N–H and O–H groups in total. The normalized spacial score (nSPS) is 30.7. The Labute approximate surface area is 133 Å². The summed E-state index contributed by atoms with van der Waals surface area (Å²) in [4.78, 5) is 4.20. The summed E-state index contributed by atoms with van der Waals surface area (Å²) in [5.41, 5.74) is -0.135. The Morgan fingerprint density at radius 2 is 2.18 bits per heavy atom. The Balaban J connectivity index is 1.81. The third-order valence-corrected chi connectivity index (χ3v) is 5.74. The third kappa shape index (κ3) is 4.57. The molecule has 0 amide bonds. The number of nitrogens with one attached hydrogen (secondary N) is 2. The molecular formula is C14H28N4O3S. The molecule has 1 unspecified atom stereocenters. The highest BCUT2D eigenvalue weighted by molar-refractivity contribution is 7.88. The number of hydrogen-bond donors (Lipinski definition) is 2. The van der Waals surface area contributed by atoms with Crippen LogP contribution in [-0.4, -0.2) is 69.9 Å². The van der Waals surface area contributed by atoms with Gasteiger partial charge in [-0.2, -0.15) is 4.31 Å². The number of guanidine groups is 1. The number of hydrogen-bond acceptors (Lipinski definition) is 4. The van der Waals surface area contributed by atoms with Crippen LogP contribution in [0.2, 0.25) is 0 Å². The van der Waals surface area contributed by atoms with Gasteiger partial charge in [0.2, 0.25) is 10.0 Å². The van der Waals surface area contributed by atoms with Crippen LogP contribution in [-0.2, 0) is 14.8 Å². The highest BCUT2D eigenvalue weighted by atomic mass is 32.2. The second-order valence-corrected chi connectivity index (χ2v) is 8.31. The average molecular weight is 332 g/mol. The molecule has 2 saturated heterocycles. The van der Waals surface area contributed by atoms with Gasteiger partial charge in [0, 0.05) is 39.3 Å². The fourth-order valence-electron chi connectivity index (χ4n) is 3.13. The predicted molar refractivity (Wildman–Crippen MR) is 87.5 cm³/mol. The van der Waals surface area contributed by atoms with E-state index in [0.717, 1.165) is 32.3 Å². The molecule has 0 saturated carbocycles. The van der Waals surface area contributed by atoms with Gasteiger partial charge < -0.3 is 15.4 Å². The molecule has 2 aliphatic heterocycles. The van der Waals surface area contributed by atoms with Crippen LogP contribution in [0.5, 0.6) is 0 Å². The van der Waals surface area contributed by atoms with Crippen molar-refractivity contribution in [3.8, 4) is 0 Å². The first-order valence-corrected chi connectivity index (χ1v) is 9.74. The maximum atomic E-state index is 11.7. The molecule has 0 aromatic rings. The molecule has 0 aromatic carbocycles. The fraction of sp³-hybridized carbons (Fsp3) is 0.929. The molecule has 2 fully saturated rings. The van der Waals surface area contributed by atoms with E-state index in [2.05, 4.69) is 22.5 Å². The van der Waals surface area contributed by atoms with Crippen molar-refractivity contribution in [2.45, 2.75) is 44.2 Å². The Morgan fingerprint density at radius 3 is 2.77 bits per heavy atom. The van der Waals surface area contributed by atoms with Crippen LogP contribution in [0.15, 0.2) is 4.99 Å². The van der Waals surface area contributed by atoms with E-state index in [1.807, 2.05) is 0 Å². The monoisotopic (exact) mass is 332 g/mol. The molecule has 0 aliphatic carbocycles. The zero-order valence-electron chi connectivity index (χ0n) is 13.8. The van der Waals surface area contributed by atoms with Crippen LogP contribution in [0.25, 0.3) is 0 Å². The molecule has 0 aromatic heterocycles. The number of sulfonamides is 1. The minimum Gasteiger partial charge on any atom is -0.373 e. The van der Waals surface area contributed by atoms with Crippen molar-refractivity contribution in [2.24, 2.45) is 4.99 Å². The maximum Gasteiger partial charge on any atom is 0.211 e. The van der Waals surface area contributed by atoms with E-state index in [1.54, 1.807) is 11.4 Å². The van der Waals surface area contributed by atoms with Gasteiger partial charge in [0.1, 0.15) is 0 Å². The minimum absolute atomic E-state index is 0.00636. The van der Waals surface area contributed by atoms with Gasteiger partial charge in [-0.15, -0.1) is 0 Å². The van der Waals surface area contributed by atoms with E-state index in [0.29, 0.717) is 25.6 Å². The molecule has 0 bridgehead atoms. The van der Waals surface area contributed by atoms with Crippen molar-refractivity contribution in [3.63, 3.8) is 0 Å². The van der Waals surface area contributed by atoms with Gasteiger partial charge in [0.05, 0.1) is 11.9 Å². The van der Waals surface area contributed by atoms with E-state index in [1.165, 1.54) is 6.26 Å². The quantitative estimate of drug-likeness (QED) is 0.553. The highest BCUT2D eigenvalue weighted by Gasteiger charge is 2.32. The van der Waals surface area contributed by atoms with Crippen LogP contribution in [0.3, 0.4) is 0 Å². The third-order valence-electron chi connectivity index (χ3n) is 4.41. The largest absolute Gasteiger partial charge is 0.373 e. The number of aliphatic imine (C=N–C) groups is 1.